The smallest absolute Gasteiger partial charge is 0.269 e. The van der Waals surface area contributed by atoms with Crippen LogP contribution in [0.25, 0.3) is 0 Å². The maximum Gasteiger partial charge on any atom is 0.271 e. The molecule has 0 fully saturated rings. The maximum absolute atomic E-state index is 12.7. The molecule has 0 aromatic heterocycles. The summed E-state index contributed by atoms with van der Waals surface area (Å²) in [6.45, 7) is 0. The van der Waals surface area contributed by atoms with E-state index in [0.29, 0.717) is 11.3 Å². The molecule has 0 heterocycles. The van der Waals surface area contributed by atoms with Gasteiger partial charge in [-0.25, -0.2) is 13.8 Å². The first kappa shape index (κ1) is 20.8. The van der Waals surface area contributed by atoms with Crippen molar-refractivity contribution in [3.8, 4) is 0 Å². The summed E-state index contributed by atoms with van der Waals surface area (Å²) in [5.41, 5.74) is 4.11. The van der Waals surface area contributed by atoms with Crippen LogP contribution in [0.15, 0.2) is 93.3 Å². The molecule has 8 heteroatoms. The largest absolute Gasteiger partial charge is 0.271 e. The number of sulfonamides is 1. The highest BCUT2D eigenvalue weighted by molar-refractivity contribution is 9.10. The highest BCUT2D eigenvalue weighted by Crippen LogP contribution is 2.22. The number of carbonyl (C=O) groups is 1. The van der Waals surface area contributed by atoms with Crippen LogP contribution in [0, 0.1) is 0 Å². The van der Waals surface area contributed by atoms with Crippen LogP contribution >= 0.6 is 15.9 Å². The lowest BCUT2D eigenvalue weighted by atomic mass is 10.2. The summed E-state index contributed by atoms with van der Waals surface area (Å²) < 4.78 is 27.5. The molecule has 3 aromatic rings. The molecule has 3 rings (SSSR count). The van der Waals surface area contributed by atoms with Crippen molar-refractivity contribution in [2.75, 3.05) is 11.4 Å². The van der Waals surface area contributed by atoms with Crippen LogP contribution in [0.1, 0.15) is 15.9 Å². The normalized spacial score (nSPS) is 11.4. The van der Waals surface area contributed by atoms with Gasteiger partial charge in [0.05, 0.1) is 16.8 Å². The fourth-order valence-corrected chi connectivity index (χ4v) is 3.97. The van der Waals surface area contributed by atoms with Gasteiger partial charge in [-0.05, 0) is 54.1 Å². The van der Waals surface area contributed by atoms with Crippen LogP contribution in [0.5, 0.6) is 0 Å². The molecule has 0 saturated carbocycles. The summed E-state index contributed by atoms with van der Waals surface area (Å²) in [5.74, 6) is -0.390. The van der Waals surface area contributed by atoms with Crippen molar-refractivity contribution in [3.63, 3.8) is 0 Å². The van der Waals surface area contributed by atoms with Crippen molar-refractivity contribution < 1.29 is 13.2 Å². The monoisotopic (exact) mass is 471 g/mol. The van der Waals surface area contributed by atoms with E-state index >= 15 is 0 Å². The van der Waals surface area contributed by atoms with Crippen molar-refractivity contribution >= 4 is 43.8 Å². The van der Waals surface area contributed by atoms with E-state index in [0.717, 1.165) is 10.0 Å². The standard InChI is InChI=1S/C21H18BrN3O3S/c1-25(29(27,28)20-5-3-2-4-6-20)19-13-9-17(10-14-19)21(26)24-23-15-16-7-11-18(22)12-8-16/h2-15H,1H3,(H,24,26)/b23-15+. The molecule has 6 nitrogen and oxygen atoms in total. The molecule has 1 amide bonds. The predicted molar refractivity (Wildman–Crippen MR) is 118 cm³/mol. The molecule has 0 atom stereocenters. The van der Waals surface area contributed by atoms with Crippen molar-refractivity contribution in [1.29, 1.82) is 0 Å². The number of hydrogen-bond donors (Lipinski definition) is 1. The highest BCUT2D eigenvalue weighted by Gasteiger charge is 2.21. The van der Waals surface area contributed by atoms with Crippen LogP contribution in [0.4, 0.5) is 5.69 Å². The summed E-state index contributed by atoms with van der Waals surface area (Å²) in [4.78, 5) is 12.4. The molecule has 0 aliphatic heterocycles. The van der Waals surface area contributed by atoms with Gasteiger partial charge in [0.1, 0.15) is 0 Å². The Balaban J connectivity index is 1.67. The number of amides is 1. The van der Waals surface area contributed by atoms with Gasteiger partial charge in [-0.1, -0.05) is 46.3 Å². The van der Waals surface area contributed by atoms with E-state index in [-0.39, 0.29) is 4.90 Å². The Kier molecular flexibility index (Phi) is 6.46. The number of carbonyl (C=O) groups excluding carboxylic acids is 1. The zero-order chi connectivity index (χ0) is 20.9. The second-order valence-electron chi connectivity index (χ2n) is 6.08. The van der Waals surface area contributed by atoms with Gasteiger partial charge in [-0.3, -0.25) is 9.10 Å². The van der Waals surface area contributed by atoms with Gasteiger partial charge < -0.3 is 0 Å². The molecule has 0 aliphatic rings. The Morgan fingerprint density at radius 3 is 2.21 bits per heavy atom. The number of hydrazone groups is 1. The Labute approximate surface area is 178 Å². The van der Waals surface area contributed by atoms with Crippen LogP contribution < -0.4 is 9.73 Å². The average Bonchev–Trinajstić information content (AvgIpc) is 2.75. The summed E-state index contributed by atoms with van der Waals surface area (Å²) in [7, 11) is -2.19. The van der Waals surface area contributed by atoms with Gasteiger partial charge in [0.25, 0.3) is 15.9 Å². The third-order valence-corrected chi connectivity index (χ3v) is 6.47. The molecule has 0 aliphatic carbocycles. The molecule has 0 bridgehead atoms. The van der Waals surface area contributed by atoms with E-state index in [1.807, 2.05) is 24.3 Å². The van der Waals surface area contributed by atoms with E-state index in [1.54, 1.807) is 48.7 Å². The summed E-state index contributed by atoms with van der Waals surface area (Å²) in [6, 6.07) is 21.9. The third kappa shape index (κ3) is 5.10. The number of halogens is 1. The van der Waals surface area contributed by atoms with Gasteiger partial charge in [-0.2, -0.15) is 5.10 Å². The minimum Gasteiger partial charge on any atom is -0.269 e. The van der Waals surface area contributed by atoms with Crippen LogP contribution in [0.2, 0.25) is 0 Å². The first-order chi connectivity index (χ1) is 13.9. The molecule has 0 unspecified atom stereocenters. The van der Waals surface area contributed by atoms with Gasteiger partial charge in [0.15, 0.2) is 0 Å². The fraction of sp³-hybridized carbons (Fsp3) is 0.0476. The molecule has 0 radical (unpaired) electrons. The number of nitrogens with zero attached hydrogens (tertiary/aromatic N) is 2. The average molecular weight is 472 g/mol. The van der Waals surface area contributed by atoms with Gasteiger partial charge in [0, 0.05) is 17.1 Å². The minimum atomic E-state index is -3.67. The van der Waals surface area contributed by atoms with Gasteiger partial charge in [-0.15, -0.1) is 0 Å². The zero-order valence-corrected chi connectivity index (χ0v) is 17.9. The molecule has 0 saturated heterocycles. The van der Waals surface area contributed by atoms with E-state index < -0.39 is 15.9 Å². The Morgan fingerprint density at radius 2 is 1.59 bits per heavy atom. The number of benzene rings is 3. The number of hydrogen-bond acceptors (Lipinski definition) is 4. The number of nitrogens with one attached hydrogen (secondary N) is 1. The fourth-order valence-electron chi connectivity index (χ4n) is 2.49. The van der Waals surface area contributed by atoms with E-state index in [2.05, 4.69) is 26.5 Å². The molecular formula is C21H18BrN3O3S. The second kappa shape index (κ2) is 9.02. The lowest BCUT2D eigenvalue weighted by molar-refractivity contribution is 0.0955. The summed E-state index contributed by atoms with van der Waals surface area (Å²) in [6.07, 6.45) is 1.54. The number of rotatable bonds is 6. The van der Waals surface area contributed by atoms with Crippen molar-refractivity contribution in [2.24, 2.45) is 5.10 Å². The molecule has 1 N–H and O–H groups in total. The predicted octanol–water partition coefficient (Wildman–Crippen LogP) is 4.04. The summed E-state index contributed by atoms with van der Waals surface area (Å²) >= 11 is 3.35. The van der Waals surface area contributed by atoms with Crippen LogP contribution in [0.3, 0.4) is 0 Å². The highest BCUT2D eigenvalue weighted by atomic mass is 79.9. The minimum absolute atomic E-state index is 0.201. The summed E-state index contributed by atoms with van der Waals surface area (Å²) in [5, 5.41) is 3.94. The molecule has 3 aromatic carbocycles. The van der Waals surface area contributed by atoms with E-state index in [1.165, 1.54) is 23.5 Å². The van der Waals surface area contributed by atoms with E-state index in [9.17, 15) is 13.2 Å². The first-order valence-corrected chi connectivity index (χ1v) is 10.8. The van der Waals surface area contributed by atoms with Crippen molar-refractivity contribution in [1.82, 2.24) is 5.43 Å². The van der Waals surface area contributed by atoms with Crippen molar-refractivity contribution in [3.05, 3.63) is 94.5 Å². The Hall–Kier alpha value is -2.97. The van der Waals surface area contributed by atoms with Crippen molar-refractivity contribution in [2.45, 2.75) is 4.90 Å². The zero-order valence-electron chi connectivity index (χ0n) is 15.5. The second-order valence-corrected chi connectivity index (χ2v) is 8.97. The third-order valence-electron chi connectivity index (χ3n) is 4.14. The lowest BCUT2D eigenvalue weighted by Crippen LogP contribution is -2.26. The van der Waals surface area contributed by atoms with E-state index in [4.69, 9.17) is 0 Å². The Morgan fingerprint density at radius 1 is 0.966 bits per heavy atom. The van der Waals surface area contributed by atoms with Gasteiger partial charge in [0.2, 0.25) is 0 Å². The quantitative estimate of drug-likeness (QED) is 0.435. The first-order valence-electron chi connectivity index (χ1n) is 8.61. The number of anilines is 1. The van der Waals surface area contributed by atoms with Crippen LogP contribution in [-0.4, -0.2) is 27.6 Å². The topological polar surface area (TPSA) is 78.8 Å². The molecule has 148 valence electrons. The molecule has 29 heavy (non-hydrogen) atoms. The molecular weight excluding hydrogens is 454 g/mol. The van der Waals surface area contributed by atoms with Crippen LogP contribution in [-0.2, 0) is 10.0 Å². The lowest BCUT2D eigenvalue weighted by Gasteiger charge is -2.19. The maximum atomic E-state index is 12.7. The SMILES string of the molecule is CN(c1ccc(C(=O)N/N=C/c2ccc(Br)cc2)cc1)S(=O)(=O)c1ccccc1. The molecule has 0 spiro atoms. The van der Waals surface area contributed by atoms with Gasteiger partial charge >= 0.3 is 0 Å². The Bertz CT molecular complexity index is 1110.